The van der Waals surface area contributed by atoms with Crippen LogP contribution in [0, 0.1) is 0 Å². The third kappa shape index (κ3) is 4.50. The highest BCUT2D eigenvalue weighted by Crippen LogP contribution is 2.17. The zero-order chi connectivity index (χ0) is 18.5. The number of rotatable bonds is 6. The molecule has 1 heterocycles. The third-order valence-electron chi connectivity index (χ3n) is 4.63. The molecule has 0 spiro atoms. The number of aryl methyl sites for hydroxylation is 2. The van der Waals surface area contributed by atoms with Gasteiger partial charge in [-0.3, -0.25) is 9.59 Å². The maximum Gasteiger partial charge on any atom is 0.267 e. The summed E-state index contributed by atoms with van der Waals surface area (Å²) in [4.78, 5) is 24.5. The Morgan fingerprint density at radius 3 is 2.92 bits per heavy atom. The number of aromatic nitrogens is 2. The van der Waals surface area contributed by atoms with Gasteiger partial charge in [0.05, 0.1) is 25.8 Å². The van der Waals surface area contributed by atoms with Crippen LogP contribution >= 0.6 is 0 Å². The molecule has 1 aromatic heterocycles. The lowest BCUT2D eigenvalue weighted by Crippen LogP contribution is -2.40. The van der Waals surface area contributed by atoms with Crippen molar-refractivity contribution in [2.45, 2.75) is 51.6 Å². The summed E-state index contributed by atoms with van der Waals surface area (Å²) in [7, 11) is 1.60. The summed E-state index contributed by atoms with van der Waals surface area (Å²) in [5.74, 6) is 0.643. The maximum atomic E-state index is 12.3. The zero-order valence-electron chi connectivity index (χ0n) is 15.3. The Morgan fingerprint density at radius 1 is 1.31 bits per heavy atom. The second-order valence-electron chi connectivity index (χ2n) is 6.84. The second-order valence-corrected chi connectivity index (χ2v) is 6.84. The summed E-state index contributed by atoms with van der Waals surface area (Å²) < 4.78 is 6.65. The van der Waals surface area contributed by atoms with Crippen molar-refractivity contribution in [1.29, 1.82) is 0 Å². The lowest BCUT2D eigenvalue weighted by molar-refractivity contribution is -0.121. The largest absolute Gasteiger partial charge is 0.497 e. The van der Waals surface area contributed by atoms with Crippen molar-refractivity contribution in [3.63, 3.8) is 0 Å². The van der Waals surface area contributed by atoms with E-state index in [-0.39, 0.29) is 23.9 Å². The predicted molar refractivity (Wildman–Crippen MR) is 99.4 cm³/mol. The number of carbonyl (C=O) groups excluding carboxylic acids is 1. The SMILES string of the molecule is COc1cccc(CC(=O)N[C@@H](C)Cn2nc3c(cc2=O)CCCC3)c1. The van der Waals surface area contributed by atoms with Crippen molar-refractivity contribution in [3.05, 3.63) is 57.5 Å². The molecule has 1 aliphatic carbocycles. The minimum absolute atomic E-state index is 0.0863. The van der Waals surface area contributed by atoms with E-state index in [0.717, 1.165) is 48.3 Å². The highest BCUT2D eigenvalue weighted by atomic mass is 16.5. The van der Waals surface area contributed by atoms with Crippen LogP contribution in [0.4, 0.5) is 0 Å². The minimum atomic E-state index is -0.181. The first-order valence-corrected chi connectivity index (χ1v) is 9.07. The number of benzene rings is 1. The van der Waals surface area contributed by atoms with Gasteiger partial charge in [0.25, 0.3) is 5.56 Å². The molecule has 2 aromatic rings. The van der Waals surface area contributed by atoms with Gasteiger partial charge in [0, 0.05) is 12.1 Å². The van der Waals surface area contributed by atoms with Gasteiger partial charge in [0.15, 0.2) is 0 Å². The monoisotopic (exact) mass is 355 g/mol. The molecule has 0 fully saturated rings. The second kappa shape index (κ2) is 8.17. The molecule has 1 aliphatic rings. The number of hydrogen-bond acceptors (Lipinski definition) is 4. The number of nitrogens with zero attached hydrogens (tertiary/aromatic N) is 2. The Balaban J connectivity index is 1.60. The normalized spacial score (nSPS) is 14.4. The molecule has 0 saturated carbocycles. The van der Waals surface area contributed by atoms with Crippen LogP contribution in [-0.4, -0.2) is 28.8 Å². The number of carbonyl (C=O) groups is 1. The maximum absolute atomic E-state index is 12.3. The summed E-state index contributed by atoms with van der Waals surface area (Å²) in [5.41, 5.74) is 2.88. The molecule has 6 nitrogen and oxygen atoms in total. The molecule has 0 unspecified atom stereocenters. The molecule has 0 aliphatic heterocycles. The number of amides is 1. The Kier molecular flexibility index (Phi) is 5.71. The number of methoxy groups -OCH3 is 1. The van der Waals surface area contributed by atoms with Crippen LogP contribution in [0.3, 0.4) is 0 Å². The van der Waals surface area contributed by atoms with E-state index >= 15 is 0 Å². The molecule has 138 valence electrons. The lowest BCUT2D eigenvalue weighted by atomic mass is 9.97. The topological polar surface area (TPSA) is 73.2 Å². The Bertz CT molecular complexity index is 844. The molecular weight excluding hydrogens is 330 g/mol. The first-order valence-electron chi connectivity index (χ1n) is 9.07. The molecule has 1 N–H and O–H groups in total. The Hall–Kier alpha value is -2.63. The highest BCUT2D eigenvalue weighted by Gasteiger charge is 2.15. The molecule has 1 atom stereocenters. The standard InChI is InChI=1S/C20H25N3O3/c1-14(21-19(24)11-15-6-5-8-17(10-15)26-2)13-23-20(25)12-16-7-3-4-9-18(16)22-23/h5-6,8,10,12,14H,3-4,7,9,11,13H2,1-2H3,(H,21,24)/t14-/m0/s1. The summed E-state index contributed by atoms with van der Waals surface area (Å²) in [6.07, 6.45) is 4.37. The van der Waals surface area contributed by atoms with Crippen LogP contribution in [-0.2, 0) is 30.6 Å². The van der Waals surface area contributed by atoms with Crippen molar-refractivity contribution < 1.29 is 9.53 Å². The van der Waals surface area contributed by atoms with E-state index in [1.165, 1.54) is 4.68 Å². The van der Waals surface area contributed by atoms with E-state index in [2.05, 4.69) is 10.4 Å². The van der Waals surface area contributed by atoms with Crippen LogP contribution in [0.25, 0.3) is 0 Å². The van der Waals surface area contributed by atoms with E-state index < -0.39 is 0 Å². The molecule has 1 amide bonds. The molecular formula is C20H25N3O3. The van der Waals surface area contributed by atoms with Gasteiger partial charge in [-0.15, -0.1) is 0 Å². The molecule has 6 heteroatoms. The summed E-state index contributed by atoms with van der Waals surface area (Å²) >= 11 is 0. The van der Waals surface area contributed by atoms with E-state index in [4.69, 9.17) is 4.74 Å². The third-order valence-corrected chi connectivity index (χ3v) is 4.63. The first-order chi connectivity index (χ1) is 12.5. The smallest absolute Gasteiger partial charge is 0.267 e. The van der Waals surface area contributed by atoms with Crippen molar-refractivity contribution in [3.8, 4) is 5.75 Å². The fourth-order valence-electron chi connectivity index (χ4n) is 3.33. The quantitative estimate of drug-likeness (QED) is 0.859. The summed E-state index contributed by atoms with van der Waals surface area (Å²) in [6.45, 7) is 2.26. The summed E-state index contributed by atoms with van der Waals surface area (Å²) in [5, 5.41) is 7.45. The number of ether oxygens (including phenoxy) is 1. The minimum Gasteiger partial charge on any atom is -0.497 e. The van der Waals surface area contributed by atoms with Crippen LogP contribution in [0.2, 0.25) is 0 Å². The Labute approximate surface area is 153 Å². The molecule has 0 saturated heterocycles. The fourth-order valence-corrected chi connectivity index (χ4v) is 3.33. The fraction of sp³-hybridized carbons (Fsp3) is 0.450. The average molecular weight is 355 g/mol. The van der Waals surface area contributed by atoms with Gasteiger partial charge >= 0.3 is 0 Å². The van der Waals surface area contributed by atoms with Crippen molar-refractivity contribution in [2.24, 2.45) is 0 Å². The van der Waals surface area contributed by atoms with E-state index in [1.807, 2.05) is 31.2 Å². The zero-order valence-corrected chi connectivity index (χ0v) is 15.3. The van der Waals surface area contributed by atoms with Crippen LogP contribution in [0.5, 0.6) is 5.75 Å². The highest BCUT2D eigenvalue weighted by molar-refractivity contribution is 5.78. The number of fused-ring (bicyclic) bond motifs is 1. The van der Waals surface area contributed by atoms with E-state index in [0.29, 0.717) is 6.54 Å². The van der Waals surface area contributed by atoms with Gasteiger partial charge in [-0.2, -0.15) is 5.10 Å². The van der Waals surface area contributed by atoms with Gasteiger partial charge in [-0.1, -0.05) is 12.1 Å². The van der Waals surface area contributed by atoms with Gasteiger partial charge in [-0.25, -0.2) is 4.68 Å². The molecule has 1 aromatic carbocycles. The summed E-state index contributed by atoms with van der Waals surface area (Å²) in [6, 6.07) is 8.97. The molecule has 26 heavy (non-hydrogen) atoms. The van der Waals surface area contributed by atoms with Crippen molar-refractivity contribution >= 4 is 5.91 Å². The van der Waals surface area contributed by atoms with Gasteiger partial charge in [0.1, 0.15) is 5.75 Å². The van der Waals surface area contributed by atoms with Gasteiger partial charge in [0.2, 0.25) is 5.91 Å². The van der Waals surface area contributed by atoms with Gasteiger partial charge < -0.3 is 10.1 Å². The van der Waals surface area contributed by atoms with Crippen molar-refractivity contribution in [2.75, 3.05) is 7.11 Å². The van der Waals surface area contributed by atoms with Crippen LogP contribution in [0.15, 0.2) is 35.1 Å². The molecule has 0 bridgehead atoms. The van der Waals surface area contributed by atoms with E-state index in [1.54, 1.807) is 13.2 Å². The van der Waals surface area contributed by atoms with E-state index in [9.17, 15) is 9.59 Å². The average Bonchev–Trinajstić information content (AvgIpc) is 2.62. The lowest BCUT2D eigenvalue weighted by Gasteiger charge is -2.18. The van der Waals surface area contributed by atoms with Crippen LogP contribution in [0.1, 0.15) is 36.6 Å². The van der Waals surface area contributed by atoms with Gasteiger partial charge in [-0.05, 0) is 55.9 Å². The van der Waals surface area contributed by atoms with Crippen LogP contribution < -0.4 is 15.6 Å². The number of nitrogens with one attached hydrogen (secondary N) is 1. The number of hydrogen-bond donors (Lipinski definition) is 1. The molecule has 0 radical (unpaired) electrons. The Morgan fingerprint density at radius 2 is 2.12 bits per heavy atom. The first kappa shape index (κ1) is 18.2. The predicted octanol–water partition coefficient (Wildman–Crippen LogP) is 1.88. The molecule has 3 rings (SSSR count). The van der Waals surface area contributed by atoms with Crippen molar-refractivity contribution in [1.82, 2.24) is 15.1 Å².